The van der Waals surface area contributed by atoms with E-state index in [2.05, 4.69) is 5.32 Å². The van der Waals surface area contributed by atoms with Crippen LogP contribution in [0.5, 0.6) is 0 Å². The van der Waals surface area contributed by atoms with Crippen LogP contribution < -0.4 is 10.9 Å². The first kappa shape index (κ1) is 23.7. The van der Waals surface area contributed by atoms with E-state index in [1.54, 1.807) is 37.3 Å². The number of carbonyl (C=O) groups excluding carboxylic acids is 3. The number of rotatable bonds is 6. The summed E-state index contributed by atoms with van der Waals surface area (Å²) in [7, 11) is 0. The van der Waals surface area contributed by atoms with Gasteiger partial charge in [0.1, 0.15) is 22.8 Å². The molecule has 1 aromatic heterocycles. The minimum Gasteiger partial charge on any atom is -0.512 e. The Morgan fingerprint density at radius 2 is 1.85 bits per heavy atom. The molecule has 0 radical (unpaired) electrons. The van der Waals surface area contributed by atoms with Crippen molar-refractivity contribution in [2.45, 2.75) is 33.6 Å². The molecular formula is C25H25NO7. The van der Waals surface area contributed by atoms with Gasteiger partial charge in [0.15, 0.2) is 5.78 Å². The lowest BCUT2D eigenvalue weighted by Crippen LogP contribution is -2.25. The highest BCUT2D eigenvalue weighted by Gasteiger charge is 2.32. The predicted octanol–water partition coefficient (Wildman–Crippen LogP) is 4.28. The Morgan fingerprint density at radius 1 is 1.15 bits per heavy atom. The molecule has 1 amide bonds. The molecule has 1 aliphatic rings. The second-order valence-corrected chi connectivity index (χ2v) is 8.40. The second kappa shape index (κ2) is 9.68. The molecule has 0 saturated heterocycles. The van der Waals surface area contributed by atoms with Gasteiger partial charge in [0.25, 0.3) is 5.91 Å². The molecule has 0 atom stereocenters. The van der Waals surface area contributed by atoms with E-state index in [4.69, 9.17) is 9.15 Å². The van der Waals surface area contributed by atoms with Crippen LogP contribution in [-0.2, 0) is 9.53 Å². The van der Waals surface area contributed by atoms with E-state index in [1.807, 2.05) is 13.8 Å². The number of amides is 1. The quantitative estimate of drug-likeness (QED) is 0.628. The molecule has 0 bridgehead atoms. The van der Waals surface area contributed by atoms with Crippen molar-refractivity contribution in [2.24, 2.45) is 5.41 Å². The largest absolute Gasteiger partial charge is 0.512 e. The molecular weight excluding hydrogens is 426 g/mol. The third kappa shape index (κ3) is 5.65. The summed E-state index contributed by atoms with van der Waals surface area (Å²) in [6.07, 6.45) is 3.14. The molecule has 0 saturated carbocycles. The molecule has 2 N–H and O–H groups in total. The molecule has 1 heterocycles. The highest BCUT2D eigenvalue weighted by Crippen LogP contribution is 2.36. The number of nitrogens with one attached hydrogen (secondary N) is 1. The number of aliphatic hydroxyl groups excluding tert-OH is 1. The van der Waals surface area contributed by atoms with Crippen LogP contribution in [0.25, 0.3) is 6.08 Å². The van der Waals surface area contributed by atoms with Crippen LogP contribution in [0, 0.1) is 5.41 Å². The summed E-state index contributed by atoms with van der Waals surface area (Å²) < 4.78 is 10.3. The van der Waals surface area contributed by atoms with Crippen molar-refractivity contribution in [3.8, 4) is 0 Å². The van der Waals surface area contributed by atoms with Gasteiger partial charge in [0.2, 0.25) is 0 Å². The normalized spacial score (nSPS) is 15.5. The van der Waals surface area contributed by atoms with Crippen molar-refractivity contribution in [3.63, 3.8) is 0 Å². The molecule has 3 rings (SSSR count). The number of ether oxygens (including phenoxy) is 1. The van der Waals surface area contributed by atoms with E-state index in [9.17, 15) is 24.3 Å². The molecule has 0 unspecified atom stereocenters. The predicted molar refractivity (Wildman–Crippen MR) is 122 cm³/mol. The van der Waals surface area contributed by atoms with Gasteiger partial charge in [-0.25, -0.2) is 9.59 Å². The van der Waals surface area contributed by atoms with Gasteiger partial charge >= 0.3 is 11.6 Å². The Bertz CT molecular complexity index is 1200. The fourth-order valence-electron chi connectivity index (χ4n) is 3.50. The van der Waals surface area contributed by atoms with Crippen molar-refractivity contribution < 1.29 is 28.6 Å². The maximum absolute atomic E-state index is 12.5. The summed E-state index contributed by atoms with van der Waals surface area (Å²) >= 11 is 0. The summed E-state index contributed by atoms with van der Waals surface area (Å²) in [5, 5.41) is 12.7. The molecule has 8 heteroatoms. The van der Waals surface area contributed by atoms with Gasteiger partial charge in [-0.2, -0.15) is 0 Å². The van der Waals surface area contributed by atoms with Crippen LogP contribution >= 0.6 is 0 Å². The van der Waals surface area contributed by atoms with E-state index in [0.29, 0.717) is 12.0 Å². The standard InChI is InChI=1S/C25H25NO7/c1-4-32-23(30)17-12-18(26-22(29)15-8-6-5-7-9-15)24(31)33-21(17)11-10-16-19(27)13-25(2,3)14-20(16)28/h5-12,27H,4,13-14H2,1-3H3,(H,26,29)/b11-10+. The Balaban J connectivity index is 1.98. The Kier molecular flexibility index (Phi) is 6.96. The van der Waals surface area contributed by atoms with Gasteiger partial charge in [-0.1, -0.05) is 32.0 Å². The summed E-state index contributed by atoms with van der Waals surface area (Å²) in [6, 6.07) is 9.41. The maximum Gasteiger partial charge on any atom is 0.360 e. The Morgan fingerprint density at radius 3 is 2.48 bits per heavy atom. The topological polar surface area (TPSA) is 123 Å². The number of hydrogen-bond donors (Lipinski definition) is 2. The summed E-state index contributed by atoms with van der Waals surface area (Å²) in [5.41, 5.74) is -1.18. The summed E-state index contributed by atoms with van der Waals surface area (Å²) in [5.74, 6) is -1.81. The van der Waals surface area contributed by atoms with Gasteiger partial charge in [0, 0.05) is 18.4 Å². The highest BCUT2D eigenvalue weighted by molar-refractivity contribution is 6.05. The third-order valence-corrected chi connectivity index (χ3v) is 5.05. The van der Waals surface area contributed by atoms with Gasteiger partial charge in [-0.05, 0) is 42.7 Å². The number of Topliss-reactive ketones (excluding diaryl/α,β-unsaturated/α-hetero) is 1. The van der Waals surface area contributed by atoms with Gasteiger partial charge in [-0.3, -0.25) is 9.59 Å². The maximum atomic E-state index is 12.5. The molecule has 8 nitrogen and oxygen atoms in total. The fraction of sp³-hybridized carbons (Fsp3) is 0.280. The van der Waals surface area contributed by atoms with Crippen molar-refractivity contribution >= 4 is 29.4 Å². The number of ketones is 1. The number of benzene rings is 1. The van der Waals surface area contributed by atoms with Crippen molar-refractivity contribution in [2.75, 3.05) is 11.9 Å². The molecule has 172 valence electrons. The van der Waals surface area contributed by atoms with Gasteiger partial charge in [0.05, 0.1) is 12.2 Å². The molecule has 33 heavy (non-hydrogen) atoms. The monoisotopic (exact) mass is 451 g/mol. The zero-order chi connectivity index (χ0) is 24.2. The van der Waals surface area contributed by atoms with E-state index >= 15 is 0 Å². The lowest BCUT2D eigenvalue weighted by molar-refractivity contribution is -0.118. The van der Waals surface area contributed by atoms with Crippen LogP contribution in [0.4, 0.5) is 5.69 Å². The zero-order valence-corrected chi connectivity index (χ0v) is 18.6. The van der Waals surface area contributed by atoms with Crippen LogP contribution in [0.3, 0.4) is 0 Å². The van der Waals surface area contributed by atoms with Crippen molar-refractivity contribution in [3.05, 3.63) is 81.1 Å². The van der Waals surface area contributed by atoms with E-state index in [0.717, 1.165) is 0 Å². The molecule has 0 aliphatic heterocycles. The van der Waals surface area contributed by atoms with Crippen LogP contribution in [0.15, 0.2) is 63.0 Å². The number of aliphatic hydroxyl groups is 1. The number of carbonyl (C=O) groups is 3. The first-order valence-electron chi connectivity index (χ1n) is 10.5. The average Bonchev–Trinajstić information content (AvgIpc) is 2.74. The third-order valence-electron chi connectivity index (χ3n) is 5.05. The summed E-state index contributed by atoms with van der Waals surface area (Å²) in [4.78, 5) is 49.9. The minimum atomic E-state index is -0.888. The molecule has 1 aliphatic carbocycles. The van der Waals surface area contributed by atoms with E-state index in [-0.39, 0.29) is 52.6 Å². The number of esters is 1. The Hall–Kier alpha value is -3.94. The number of hydrogen-bond acceptors (Lipinski definition) is 7. The van der Waals surface area contributed by atoms with E-state index < -0.39 is 17.5 Å². The zero-order valence-electron chi connectivity index (χ0n) is 18.6. The van der Waals surface area contributed by atoms with Crippen molar-refractivity contribution in [1.82, 2.24) is 0 Å². The Labute approximate surface area is 190 Å². The molecule has 0 fully saturated rings. The van der Waals surface area contributed by atoms with Crippen LogP contribution in [0.2, 0.25) is 0 Å². The molecule has 2 aromatic rings. The second-order valence-electron chi connectivity index (χ2n) is 8.40. The lowest BCUT2D eigenvalue weighted by Gasteiger charge is -2.28. The first-order valence-corrected chi connectivity index (χ1v) is 10.5. The first-order chi connectivity index (χ1) is 15.6. The summed E-state index contributed by atoms with van der Waals surface area (Å²) in [6.45, 7) is 5.45. The molecule has 0 spiro atoms. The minimum absolute atomic E-state index is 0.0701. The van der Waals surface area contributed by atoms with Crippen LogP contribution in [0.1, 0.15) is 60.1 Å². The van der Waals surface area contributed by atoms with E-state index in [1.165, 1.54) is 18.2 Å². The number of allylic oxidation sites excluding steroid dienone is 3. The smallest absolute Gasteiger partial charge is 0.360 e. The lowest BCUT2D eigenvalue weighted by atomic mass is 9.76. The van der Waals surface area contributed by atoms with Crippen LogP contribution in [-0.4, -0.2) is 29.4 Å². The van der Waals surface area contributed by atoms with Gasteiger partial charge in [-0.15, -0.1) is 0 Å². The fourth-order valence-corrected chi connectivity index (χ4v) is 3.50. The number of anilines is 1. The highest BCUT2D eigenvalue weighted by atomic mass is 16.5. The van der Waals surface area contributed by atoms with Gasteiger partial charge < -0.3 is 19.6 Å². The SMILES string of the molecule is CCOC(=O)c1cc(NC(=O)c2ccccc2)c(=O)oc1/C=C/C1=C(O)CC(C)(C)CC1=O. The average molecular weight is 451 g/mol. The van der Waals surface area contributed by atoms with Crippen molar-refractivity contribution in [1.29, 1.82) is 0 Å². The molecule has 1 aromatic carbocycles.